The molecule has 1 unspecified atom stereocenters. The van der Waals surface area contributed by atoms with Gasteiger partial charge in [0.1, 0.15) is 17.6 Å². The molecule has 0 saturated heterocycles. The lowest BCUT2D eigenvalue weighted by Crippen LogP contribution is -1.91. The zero-order chi connectivity index (χ0) is 13.2. The van der Waals surface area contributed by atoms with Crippen molar-refractivity contribution in [1.29, 1.82) is 0 Å². The Morgan fingerprint density at radius 2 is 1.79 bits per heavy atom. The summed E-state index contributed by atoms with van der Waals surface area (Å²) in [6, 6.07) is 18.2. The predicted molar refractivity (Wildman–Crippen MR) is 76.9 cm³/mol. The Kier molecular flexibility index (Phi) is 3.10. The van der Waals surface area contributed by atoms with Crippen LogP contribution in [0.15, 0.2) is 59.0 Å². The van der Waals surface area contributed by atoms with Gasteiger partial charge in [-0.1, -0.05) is 49.4 Å². The summed E-state index contributed by atoms with van der Waals surface area (Å²) < 4.78 is 5.78. The quantitative estimate of drug-likeness (QED) is 0.742. The van der Waals surface area contributed by atoms with E-state index in [4.69, 9.17) is 4.42 Å². The van der Waals surface area contributed by atoms with Crippen molar-refractivity contribution in [3.63, 3.8) is 0 Å². The van der Waals surface area contributed by atoms with Crippen molar-refractivity contribution in [2.45, 2.75) is 19.4 Å². The molecule has 3 aromatic rings. The van der Waals surface area contributed by atoms with Gasteiger partial charge in [-0.3, -0.25) is 0 Å². The standard InChI is InChI=1S/C17H16O2/c1-2-15(18)17-11-10-16(19-17)14-9-5-7-12-6-3-4-8-13(12)14/h3-11,15,18H,2H2,1H3. The average Bonchev–Trinajstić information content (AvgIpc) is 2.95. The summed E-state index contributed by atoms with van der Waals surface area (Å²) in [4.78, 5) is 0. The second-order valence-corrected chi connectivity index (χ2v) is 4.65. The molecular weight excluding hydrogens is 236 g/mol. The highest BCUT2D eigenvalue weighted by atomic mass is 16.4. The van der Waals surface area contributed by atoms with E-state index in [-0.39, 0.29) is 0 Å². The number of aliphatic hydroxyl groups is 1. The molecule has 0 amide bonds. The van der Waals surface area contributed by atoms with Crippen molar-refractivity contribution < 1.29 is 9.52 Å². The summed E-state index contributed by atoms with van der Waals surface area (Å²) in [5.41, 5.74) is 1.06. The highest BCUT2D eigenvalue weighted by molar-refractivity contribution is 5.95. The highest BCUT2D eigenvalue weighted by Crippen LogP contribution is 2.31. The maximum absolute atomic E-state index is 9.81. The van der Waals surface area contributed by atoms with E-state index in [0.717, 1.165) is 16.7 Å². The van der Waals surface area contributed by atoms with Gasteiger partial charge in [-0.2, -0.15) is 0 Å². The van der Waals surface area contributed by atoms with Crippen LogP contribution >= 0.6 is 0 Å². The van der Waals surface area contributed by atoms with Crippen LogP contribution in [0, 0.1) is 0 Å². The fraction of sp³-hybridized carbons (Fsp3) is 0.176. The molecule has 2 heteroatoms. The third-order valence-electron chi connectivity index (χ3n) is 3.40. The minimum atomic E-state index is -0.524. The van der Waals surface area contributed by atoms with Crippen LogP contribution in [0.1, 0.15) is 25.2 Å². The SMILES string of the molecule is CCC(O)c1ccc(-c2cccc3ccccc23)o1. The first-order chi connectivity index (χ1) is 9.29. The Balaban J connectivity index is 2.12. The topological polar surface area (TPSA) is 33.4 Å². The molecule has 1 heterocycles. The smallest absolute Gasteiger partial charge is 0.135 e. The lowest BCUT2D eigenvalue weighted by Gasteiger charge is -2.05. The van der Waals surface area contributed by atoms with Crippen molar-refractivity contribution in [3.05, 3.63) is 60.4 Å². The number of furan rings is 1. The molecule has 3 rings (SSSR count). The van der Waals surface area contributed by atoms with Crippen LogP contribution in [0.5, 0.6) is 0 Å². The van der Waals surface area contributed by atoms with Gasteiger partial charge in [0.2, 0.25) is 0 Å². The van der Waals surface area contributed by atoms with Gasteiger partial charge in [0, 0.05) is 5.56 Å². The fourth-order valence-corrected chi connectivity index (χ4v) is 2.32. The summed E-state index contributed by atoms with van der Waals surface area (Å²) in [5.74, 6) is 1.43. The van der Waals surface area contributed by atoms with Gasteiger partial charge in [0.15, 0.2) is 0 Å². The van der Waals surface area contributed by atoms with Crippen LogP contribution in [-0.4, -0.2) is 5.11 Å². The van der Waals surface area contributed by atoms with Gasteiger partial charge in [-0.25, -0.2) is 0 Å². The van der Waals surface area contributed by atoms with Crippen molar-refractivity contribution in [1.82, 2.24) is 0 Å². The molecule has 1 atom stereocenters. The van der Waals surface area contributed by atoms with E-state index in [9.17, 15) is 5.11 Å². The van der Waals surface area contributed by atoms with Crippen LogP contribution < -0.4 is 0 Å². The molecule has 0 spiro atoms. The van der Waals surface area contributed by atoms with Gasteiger partial charge in [0.25, 0.3) is 0 Å². The first-order valence-corrected chi connectivity index (χ1v) is 6.55. The van der Waals surface area contributed by atoms with Crippen LogP contribution in [0.4, 0.5) is 0 Å². The van der Waals surface area contributed by atoms with E-state index in [0.29, 0.717) is 12.2 Å². The van der Waals surface area contributed by atoms with E-state index < -0.39 is 6.10 Å². The molecule has 0 saturated carbocycles. The second kappa shape index (κ2) is 4.90. The molecule has 0 radical (unpaired) electrons. The third kappa shape index (κ3) is 2.15. The highest BCUT2D eigenvalue weighted by Gasteiger charge is 2.12. The Morgan fingerprint density at radius 1 is 1.00 bits per heavy atom. The average molecular weight is 252 g/mol. The van der Waals surface area contributed by atoms with Crippen LogP contribution in [-0.2, 0) is 0 Å². The Morgan fingerprint density at radius 3 is 2.63 bits per heavy atom. The van der Waals surface area contributed by atoms with Gasteiger partial charge in [-0.05, 0) is 29.3 Å². The predicted octanol–water partition coefficient (Wildman–Crippen LogP) is 4.54. The molecule has 1 aromatic heterocycles. The summed E-state index contributed by atoms with van der Waals surface area (Å²) >= 11 is 0. The normalized spacial score (nSPS) is 12.7. The molecule has 2 aromatic carbocycles. The summed E-state index contributed by atoms with van der Waals surface area (Å²) in [5, 5.41) is 12.2. The molecule has 0 aliphatic rings. The van der Waals surface area contributed by atoms with E-state index >= 15 is 0 Å². The number of rotatable bonds is 3. The van der Waals surface area contributed by atoms with Crippen molar-refractivity contribution >= 4 is 10.8 Å². The molecule has 0 bridgehead atoms. The van der Waals surface area contributed by atoms with Crippen LogP contribution in [0.25, 0.3) is 22.1 Å². The number of benzene rings is 2. The van der Waals surface area contributed by atoms with Crippen molar-refractivity contribution in [2.75, 3.05) is 0 Å². The minimum absolute atomic E-state index is 0.524. The monoisotopic (exact) mass is 252 g/mol. The molecule has 0 aliphatic carbocycles. The van der Waals surface area contributed by atoms with Gasteiger partial charge in [0.05, 0.1) is 0 Å². The summed E-state index contributed by atoms with van der Waals surface area (Å²) in [6.45, 7) is 1.94. The first-order valence-electron chi connectivity index (χ1n) is 6.55. The molecular formula is C17H16O2. The maximum atomic E-state index is 9.81. The fourth-order valence-electron chi connectivity index (χ4n) is 2.32. The van der Waals surface area contributed by atoms with Crippen molar-refractivity contribution in [2.24, 2.45) is 0 Å². The zero-order valence-electron chi connectivity index (χ0n) is 10.8. The third-order valence-corrected chi connectivity index (χ3v) is 3.40. The number of fused-ring (bicyclic) bond motifs is 1. The van der Waals surface area contributed by atoms with E-state index in [2.05, 4.69) is 18.2 Å². The maximum Gasteiger partial charge on any atom is 0.135 e. The molecule has 0 fully saturated rings. The van der Waals surface area contributed by atoms with E-state index in [1.165, 1.54) is 5.39 Å². The minimum Gasteiger partial charge on any atom is -0.458 e. The van der Waals surface area contributed by atoms with Crippen LogP contribution in [0.3, 0.4) is 0 Å². The second-order valence-electron chi connectivity index (χ2n) is 4.65. The van der Waals surface area contributed by atoms with E-state index in [1.54, 1.807) is 0 Å². The van der Waals surface area contributed by atoms with Gasteiger partial charge in [-0.15, -0.1) is 0 Å². The molecule has 19 heavy (non-hydrogen) atoms. The van der Waals surface area contributed by atoms with Crippen molar-refractivity contribution in [3.8, 4) is 11.3 Å². The van der Waals surface area contributed by atoms with E-state index in [1.807, 2.05) is 43.3 Å². The first kappa shape index (κ1) is 12.0. The largest absolute Gasteiger partial charge is 0.458 e. The Bertz CT molecular complexity index is 692. The Labute approximate surface area is 112 Å². The zero-order valence-corrected chi connectivity index (χ0v) is 10.8. The van der Waals surface area contributed by atoms with Gasteiger partial charge >= 0.3 is 0 Å². The molecule has 1 N–H and O–H groups in total. The molecule has 2 nitrogen and oxygen atoms in total. The molecule has 0 aliphatic heterocycles. The summed E-state index contributed by atoms with van der Waals surface area (Å²) in [7, 11) is 0. The lowest BCUT2D eigenvalue weighted by molar-refractivity contribution is 0.147. The lowest BCUT2D eigenvalue weighted by atomic mass is 10.0. The number of hydrogen-bond acceptors (Lipinski definition) is 2. The Hall–Kier alpha value is -2.06. The number of aliphatic hydroxyl groups excluding tert-OH is 1. The van der Waals surface area contributed by atoms with Gasteiger partial charge < -0.3 is 9.52 Å². The molecule has 96 valence electrons. The summed E-state index contributed by atoms with van der Waals surface area (Å²) in [6.07, 6.45) is 0.131. The number of hydrogen-bond donors (Lipinski definition) is 1. The van der Waals surface area contributed by atoms with Crippen LogP contribution in [0.2, 0.25) is 0 Å².